The molecule has 1 aromatic heterocycles. The van der Waals surface area contributed by atoms with Crippen LogP contribution >= 0.6 is 0 Å². The van der Waals surface area contributed by atoms with Crippen molar-refractivity contribution in [3.8, 4) is 0 Å². The summed E-state index contributed by atoms with van der Waals surface area (Å²) in [6, 6.07) is 0.954. The minimum atomic E-state index is 0.476. The minimum absolute atomic E-state index is 0.476. The topological polar surface area (TPSA) is 41.1 Å². The van der Waals surface area contributed by atoms with Crippen molar-refractivity contribution in [1.82, 2.24) is 15.3 Å². The summed E-state index contributed by atoms with van der Waals surface area (Å²) in [5.41, 5.74) is 2.24. The van der Waals surface area contributed by atoms with Crippen LogP contribution in [-0.4, -0.2) is 29.1 Å². The van der Waals surface area contributed by atoms with Crippen LogP contribution in [0.2, 0.25) is 0 Å². The Morgan fingerprint density at radius 2 is 2.00 bits per heavy atom. The van der Waals surface area contributed by atoms with Crippen LogP contribution in [0.4, 0.5) is 5.95 Å². The molecule has 1 atom stereocenters. The zero-order valence-corrected chi connectivity index (χ0v) is 13.2. The lowest BCUT2D eigenvalue weighted by Gasteiger charge is -2.25. The number of nitrogens with zero attached hydrogens (tertiary/aromatic N) is 3. The molecule has 0 saturated heterocycles. The molecule has 0 amide bonds. The van der Waals surface area contributed by atoms with Gasteiger partial charge in [-0.25, -0.2) is 9.97 Å². The van der Waals surface area contributed by atoms with Gasteiger partial charge in [0.05, 0.1) is 0 Å². The van der Waals surface area contributed by atoms with Crippen molar-refractivity contribution < 1.29 is 0 Å². The van der Waals surface area contributed by atoms with Crippen LogP contribution in [0.5, 0.6) is 0 Å². The van der Waals surface area contributed by atoms with Gasteiger partial charge >= 0.3 is 0 Å². The van der Waals surface area contributed by atoms with Gasteiger partial charge in [0.1, 0.15) is 0 Å². The third-order valence-corrected chi connectivity index (χ3v) is 3.45. The van der Waals surface area contributed by atoms with Crippen molar-refractivity contribution in [2.45, 2.75) is 66.1 Å². The molecule has 0 aromatic carbocycles. The fraction of sp³-hybridized carbons (Fsp3) is 0.733. The average Bonchev–Trinajstić information content (AvgIpc) is 2.36. The Bertz CT molecular complexity index is 390. The molecule has 0 radical (unpaired) electrons. The summed E-state index contributed by atoms with van der Waals surface area (Å²) in [4.78, 5) is 11.3. The Labute approximate surface area is 117 Å². The summed E-state index contributed by atoms with van der Waals surface area (Å²) >= 11 is 0. The Morgan fingerprint density at radius 1 is 1.32 bits per heavy atom. The first-order chi connectivity index (χ1) is 8.95. The number of rotatable bonds is 7. The van der Waals surface area contributed by atoms with E-state index < -0.39 is 0 Å². The zero-order chi connectivity index (χ0) is 14.4. The molecule has 0 aliphatic carbocycles. The van der Waals surface area contributed by atoms with Crippen molar-refractivity contribution in [2.24, 2.45) is 0 Å². The molecule has 1 rings (SSSR count). The molecule has 19 heavy (non-hydrogen) atoms. The molecule has 0 aliphatic rings. The highest BCUT2D eigenvalue weighted by Gasteiger charge is 2.13. The lowest BCUT2D eigenvalue weighted by atomic mass is 10.2. The number of aryl methyl sites for hydroxylation is 1. The van der Waals surface area contributed by atoms with Gasteiger partial charge in [0.2, 0.25) is 5.95 Å². The van der Waals surface area contributed by atoms with Gasteiger partial charge in [-0.2, -0.15) is 0 Å². The fourth-order valence-corrected chi connectivity index (χ4v) is 1.95. The summed E-state index contributed by atoms with van der Waals surface area (Å²) in [5.74, 6) is 0.826. The van der Waals surface area contributed by atoms with Crippen LogP contribution < -0.4 is 10.2 Å². The molecular formula is C15H28N4. The summed E-state index contributed by atoms with van der Waals surface area (Å²) in [7, 11) is 2.07. The second-order valence-corrected chi connectivity index (χ2v) is 5.56. The average molecular weight is 264 g/mol. The molecule has 0 spiro atoms. The van der Waals surface area contributed by atoms with E-state index in [9.17, 15) is 0 Å². The molecule has 0 saturated carbocycles. The van der Waals surface area contributed by atoms with E-state index in [-0.39, 0.29) is 0 Å². The van der Waals surface area contributed by atoms with Crippen LogP contribution in [0.3, 0.4) is 0 Å². The van der Waals surface area contributed by atoms with Crippen LogP contribution in [0.1, 0.15) is 51.8 Å². The molecule has 108 valence electrons. The summed E-state index contributed by atoms with van der Waals surface area (Å²) < 4.78 is 0. The smallest absolute Gasteiger partial charge is 0.225 e. The molecule has 1 aromatic rings. The van der Waals surface area contributed by atoms with E-state index in [4.69, 9.17) is 0 Å². The number of aromatic nitrogens is 2. The van der Waals surface area contributed by atoms with E-state index in [1.54, 1.807) is 0 Å². The Morgan fingerprint density at radius 3 is 2.53 bits per heavy atom. The third kappa shape index (κ3) is 4.78. The normalized spacial score (nSPS) is 12.8. The lowest BCUT2D eigenvalue weighted by molar-refractivity contribution is 0.581. The molecule has 1 heterocycles. The number of hydrogen-bond acceptors (Lipinski definition) is 4. The van der Waals surface area contributed by atoms with Gasteiger partial charge in [-0.1, -0.05) is 27.2 Å². The number of anilines is 1. The van der Waals surface area contributed by atoms with Gasteiger partial charge < -0.3 is 10.2 Å². The van der Waals surface area contributed by atoms with Gasteiger partial charge in [-0.05, 0) is 20.3 Å². The maximum Gasteiger partial charge on any atom is 0.225 e. The summed E-state index contributed by atoms with van der Waals surface area (Å²) in [6.45, 7) is 11.6. The van der Waals surface area contributed by atoms with E-state index in [0.29, 0.717) is 12.1 Å². The van der Waals surface area contributed by atoms with Gasteiger partial charge in [0.25, 0.3) is 0 Å². The molecule has 1 unspecified atom stereocenters. The van der Waals surface area contributed by atoms with E-state index in [1.807, 2.05) is 6.20 Å². The molecule has 1 N–H and O–H groups in total. The fourth-order valence-electron chi connectivity index (χ4n) is 1.95. The monoisotopic (exact) mass is 264 g/mol. The van der Waals surface area contributed by atoms with Crippen molar-refractivity contribution in [2.75, 3.05) is 11.9 Å². The molecule has 0 fully saturated rings. The largest absolute Gasteiger partial charge is 0.341 e. The highest BCUT2D eigenvalue weighted by molar-refractivity contribution is 5.33. The van der Waals surface area contributed by atoms with Gasteiger partial charge in [-0.3, -0.25) is 0 Å². The predicted octanol–water partition coefficient (Wildman–Crippen LogP) is 2.91. The van der Waals surface area contributed by atoms with Crippen molar-refractivity contribution in [3.63, 3.8) is 0 Å². The Hall–Kier alpha value is -1.16. The quantitative estimate of drug-likeness (QED) is 0.822. The van der Waals surface area contributed by atoms with Crippen molar-refractivity contribution in [3.05, 3.63) is 17.5 Å². The third-order valence-electron chi connectivity index (χ3n) is 3.45. The van der Waals surface area contributed by atoms with Crippen molar-refractivity contribution >= 4 is 5.95 Å². The van der Waals surface area contributed by atoms with Crippen LogP contribution in [0.25, 0.3) is 0 Å². The number of nitrogens with one attached hydrogen (secondary N) is 1. The molecule has 4 heteroatoms. The first-order valence-corrected chi connectivity index (χ1v) is 7.24. The second kappa shape index (κ2) is 7.43. The highest BCUT2D eigenvalue weighted by Crippen LogP contribution is 2.14. The van der Waals surface area contributed by atoms with E-state index in [0.717, 1.165) is 24.6 Å². The Kier molecular flexibility index (Phi) is 6.22. The maximum absolute atomic E-state index is 4.63. The predicted molar refractivity (Wildman–Crippen MR) is 81.5 cm³/mol. The molecule has 4 nitrogen and oxygen atoms in total. The van der Waals surface area contributed by atoms with Crippen LogP contribution in [0.15, 0.2) is 6.20 Å². The molecular weight excluding hydrogens is 236 g/mol. The lowest BCUT2D eigenvalue weighted by Crippen LogP contribution is -2.30. The van der Waals surface area contributed by atoms with Gasteiger partial charge in [0.15, 0.2) is 0 Å². The zero-order valence-electron chi connectivity index (χ0n) is 13.2. The Balaban J connectivity index is 2.75. The first-order valence-electron chi connectivity index (χ1n) is 7.24. The van der Waals surface area contributed by atoms with Gasteiger partial charge in [-0.15, -0.1) is 0 Å². The first kappa shape index (κ1) is 15.9. The van der Waals surface area contributed by atoms with Gasteiger partial charge in [0, 0.05) is 43.1 Å². The van der Waals surface area contributed by atoms with Crippen molar-refractivity contribution in [1.29, 1.82) is 0 Å². The second-order valence-electron chi connectivity index (χ2n) is 5.56. The van der Waals surface area contributed by atoms with Crippen LogP contribution in [0, 0.1) is 6.92 Å². The van der Waals surface area contributed by atoms with E-state index >= 15 is 0 Å². The SMILES string of the molecule is CCCC(C)N(C)c1ncc(CNC(C)C)c(C)n1. The number of hydrogen-bond donors (Lipinski definition) is 1. The minimum Gasteiger partial charge on any atom is -0.341 e. The van der Waals surface area contributed by atoms with E-state index in [1.165, 1.54) is 12.0 Å². The summed E-state index contributed by atoms with van der Waals surface area (Å²) in [5, 5.41) is 3.40. The van der Waals surface area contributed by atoms with E-state index in [2.05, 4.69) is 61.9 Å². The standard InChI is InChI=1S/C15H28N4/c1-7-8-12(4)19(6)15-17-10-14(13(5)18-15)9-16-11(2)3/h10-12,16H,7-9H2,1-6H3. The highest BCUT2D eigenvalue weighted by atomic mass is 15.2. The van der Waals surface area contributed by atoms with Crippen LogP contribution in [-0.2, 0) is 6.54 Å². The molecule has 0 bridgehead atoms. The summed E-state index contributed by atoms with van der Waals surface area (Å²) in [6.07, 6.45) is 4.29. The molecule has 0 aliphatic heterocycles. The maximum atomic E-state index is 4.63.